The first-order valence-corrected chi connectivity index (χ1v) is 8.33. The minimum Gasteiger partial charge on any atom is -0.378 e. The van der Waals surface area contributed by atoms with Crippen molar-refractivity contribution < 1.29 is 9.53 Å². The normalized spacial score (nSPS) is 14.6. The van der Waals surface area contributed by atoms with E-state index in [4.69, 9.17) is 4.74 Å². The molecule has 1 N–H and O–H groups in total. The Labute approximate surface area is 143 Å². The Morgan fingerprint density at radius 3 is 2.57 bits per heavy atom. The number of nitrogens with one attached hydrogen (secondary N) is 1. The Morgan fingerprint density at radius 1 is 1.17 bits per heavy atom. The molecule has 0 atom stereocenters. The molecule has 23 heavy (non-hydrogen) atoms. The molecule has 0 spiro atoms. The lowest BCUT2D eigenvalue weighted by molar-refractivity contribution is -0.115. The Balaban J connectivity index is 1.57. The van der Waals surface area contributed by atoms with Crippen LogP contribution in [0.25, 0.3) is 0 Å². The van der Waals surface area contributed by atoms with Crippen LogP contribution in [0.2, 0.25) is 0 Å². The van der Waals surface area contributed by atoms with E-state index in [1.807, 2.05) is 18.2 Å². The smallest absolute Gasteiger partial charge is 0.228 e. The number of hydrogen-bond acceptors (Lipinski definition) is 4. The topological polar surface area (TPSA) is 54.5 Å². The molecule has 0 radical (unpaired) electrons. The fraction of sp³-hybridized carbons (Fsp3) is 0.294. The summed E-state index contributed by atoms with van der Waals surface area (Å²) in [6.45, 7) is 3.36. The molecule has 0 unspecified atom stereocenters. The second-order valence-corrected chi connectivity index (χ2v) is 6.17. The van der Waals surface area contributed by atoms with Crippen LogP contribution in [-0.4, -0.2) is 37.2 Å². The standard InChI is InChI=1S/C17H18BrN3O2/c18-16-6-3-14(12-19-16)20-17(22)11-13-1-4-15(5-2-13)21-7-9-23-10-8-21/h1-6,12H,7-11H2,(H,20,22). The number of hydrogen-bond donors (Lipinski definition) is 1. The number of halogens is 1. The van der Waals surface area contributed by atoms with Crippen molar-refractivity contribution in [1.82, 2.24) is 4.98 Å². The zero-order valence-electron chi connectivity index (χ0n) is 12.7. The summed E-state index contributed by atoms with van der Waals surface area (Å²) in [6, 6.07) is 11.8. The van der Waals surface area contributed by atoms with Crippen LogP contribution >= 0.6 is 15.9 Å². The van der Waals surface area contributed by atoms with Gasteiger partial charge in [0.1, 0.15) is 4.60 Å². The number of aromatic nitrogens is 1. The molecule has 120 valence electrons. The van der Waals surface area contributed by atoms with Crippen molar-refractivity contribution in [2.45, 2.75) is 6.42 Å². The molecule has 1 fully saturated rings. The van der Waals surface area contributed by atoms with Crippen LogP contribution in [0.15, 0.2) is 47.2 Å². The van der Waals surface area contributed by atoms with Crippen molar-refractivity contribution in [1.29, 1.82) is 0 Å². The molecule has 5 nitrogen and oxygen atoms in total. The minimum atomic E-state index is -0.0479. The van der Waals surface area contributed by atoms with E-state index >= 15 is 0 Å². The zero-order valence-corrected chi connectivity index (χ0v) is 14.3. The minimum absolute atomic E-state index is 0.0479. The zero-order chi connectivity index (χ0) is 16.1. The van der Waals surface area contributed by atoms with E-state index in [9.17, 15) is 4.79 Å². The molecule has 3 rings (SSSR count). The lowest BCUT2D eigenvalue weighted by Gasteiger charge is -2.28. The lowest BCUT2D eigenvalue weighted by atomic mass is 10.1. The molecular weight excluding hydrogens is 358 g/mol. The summed E-state index contributed by atoms with van der Waals surface area (Å²) < 4.78 is 6.10. The number of rotatable bonds is 4. The largest absolute Gasteiger partial charge is 0.378 e. The Bertz CT molecular complexity index is 653. The van der Waals surface area contributed by atoms with E-state index in [0.29, 0.717) is 12.1 Å². The Kier molecular flexibility index (Phi) is 5.25. The first-order chi connectivity index (χ1) is 11.2. The van der Waals surface area contributed by atoms with Gasteiger partial charge < -0.3 is 15.0 Å². The summed E-state index contributed by atoms with van der Waals surface area (Å²) in [5.41, 5.74) is 2.86. The van der Waals surface area contributed by atoms with E-state index in [-0.39, 0.29) is 5.91 Å². The summed E-state index contributed by atoms with van der Waals surface area (Å²) >= 11 is 3.27. The van der Waals surface area contributed by atoms with Gasteiger partial charge in [0.15, 0.2) is 0 Å². The summed E-state index contributed by atoms with van der Waals surface area (Å²) in [4.78, 5) is 18.5. The van der Waals surface area contributed by atoms with E-state index in [1.165, 1.54) is 5.69 Å². The number of benzene rings is 1. The second kappa shape index (κ2) is 7.57. The average Bonchev–Trinajstić information content (AvgIpc) is 2.58. The van der Waals surface area contributed by atoms with Gasteiger partial charge in [-0.1, -0.05) is 12.1 Å². The van der Waals surface area contributed by atoms with Crippen molar-refractivity contribution in [3.8, 4) is 0 Å². The molecule has 0 saturated carbocycles. The number of pyridine rings is 1. The molecule has 0 aliphatic carbocycles. The van der Waals surface area contributed by atoms with Crippen LogP contribution in [0.5, 0.6) is 0 Å². The summed E-state index contributed by atoms with van der Waals surface area (Å²) in [5, 5.41) is 2.85. The number of amides is 1. The van der Waals surface area contributed by atoms with Gasteiger partial charge in [0.05, 0.1) is 31.5 Å². The number of carbonyl (C=O) groups excluding carboxylic acids is 1. The quantitative estimate of drug-likeness (QED) is 0.834. The van der Waals surface area contributed by atoms with Gasteiger partial charge in [-0.3, -0.25) is 4.79 Å². The fourth-order valence-electron chi connectivity index (χ4n) is 2.49. The van der Waals surface area contributed by atoms with Gasteiger partial charge in [0.2, 0.25) is 5.91 Å². The molecule has 2 aromatic rings. The molecule has 1 aromatic heterocycles. The molecule has 1 amide bonds. The monoisotopic (exact) mass is 375 g/mol. The van der Waals surface area contributed by atoms with Gasteiger partial charge >= 0.3 is 0 Å². The highest BCUT2D eigenvalue weighted by Gasteiger charge is 2.11. The Morgan fingerprint density at radius 2 is 1.91 bits per heavy atom. The number of nitrogens with zero attached hydrogens (tertiary/aromatic N) is 2. The van der Waals surface area contributed by atoms with Crippen LogP contribution in [0, 0.1) is 0 Å². The van der Waals surface area contributed by atoms with Crippen molar-refractivity contribution in [2.75, 3.05) is 36.5 Å². The van der Waals surface area contributed by atoms with Crippen LogP contribution in [0.3, 0.4) is 0 Å². The van der Waals surface area contributed by atoms with Crippen molar-refractivity contribution in [3.63, 3.8) is 0 Å². The number of morpholine rings is 1. The van der Waals surface area contributed by atoms with Crippen molar-refractivity contribution in [2.24, 2.45) is 0 Å². The first-order valence-electron chi connectivity index (χ1n) is 7.54. The van der Waals surface area contributed by atoms with Crippen LogP contribution in [0.1, 0.15) is 5.56 Å². The first kappa shape index (κ1) is 16.0. The summed E-state index contributed by atoms with van der Waals surface area (Å²) in [6.07, 6.45) is 1.98. The lowest BCUT2D eigenvalue weighted by Crippen LogP contribution is -2.36. The highest BCUT2D eigenvalue weighted by Crippen LogP contribution is 2.17. The van der Waals surface area contributed by atoms with Crippen LogP contribution in [-0.2, 0) is 16.0 Å². The van der Waals surface area contributed by atoms with Gasteiger partial charge in [-0.15, -0.1) is 0 Å². The predicted octanol–water partition coefficient (Wildman–Crippen LogP) is 2.86. The van der Waals surface area contributed by atoms with E-state index in [1.54, 1.807) is 12.3 Å². The highest BCUT2D eigenvalue weighted by atomic mass is 79.9. The third-order valence-corrected chi connectivity index (χ3v) is 4.16. The molecule has 2 heterocycles. The van der Waals surface area contributed by atoms with Gasteiger partial charge in [-0.05, 0) is 45.8 Å². The van der Waals surface area contributed by atoms with Gasteiger partial charge in [-0.2, -0.15) is 0 Å². The van der Waals surface area contributed by atoms with Gasteiger partial charge in [0, 0.05) is 18.8 Å². The third kappa shape index (κ3) is 4.53. The number of anilines is 2. The molecule has 1 aromatic carbocycles. The van der Waals surface area contributed by atoms with Crippen LogP contribution in [0.4, 0.5) is 11.4 Å². The van der Waals surface area contributed by atoms with E-state index in [2.05, 4.69) is 43.3 Å². The molecule has 6 heteroatoms. The number of ether oxygens (including phenoxy) is 1. The SMILES string of the molecule is O=C(Cc1ccc(N2CCOCC2)cc1)Nc1ccc(Br)nc1. The fourth-order valence-corrected chi connectivity index (χ4v) is 2.72. The van der Waals surface area contributed by atoms with Gasteiger partial charge in [-0.25, -0.2) is 4.98 Å². The highest BCUT2D eigenvalue weighted by molar-refractivity contribution is 9.10. The number of carbonyl (C=O) groups is 1. The van der Waals surface area contributed by atoms with Crippen LogP contribution < -0.4 is 10.2 Å². The maximum absolute atomic E-state index is 12.1. The molecule has 0 bridgehead atoms. The van der Waals surface area contributed by atoms with E-state index < -0.39 is 0 Å². The molecule has 1 aliphatic heterocycles. The summed E-state index contributed by atoms with van der Waals surface area (Å²) in [5.74, 6) is -0.0479. The molecule has 1 saturated heterocycles. The van der Waals surface area contributed by atoms with Crippen molar-refractivity contribution >= 4 is 33.2 Å². The summed E-state index contributed by atoms with van der Waals surface area (Å²) in [7, 11) is 0. The van der Waals surface area contributed by atoms with Crippen molar-refractivity contribution in [3.05, 3.63) is 52.8 Å². The molecular formula is C17H18BrN3O2. The van der Waals surface area contributed by atoms with E-state index in [0.717, 1.165) is 36.5 Å². The maximum Gasteiger partial charge on any atom is 0.228 e. The third-order valence-electron chi connectivity index (χ3n) is 3.69. The van der Waals surface area contributed by atoms with Gasteiger partial charge in [0.25, 0.3) is 0 Å². The average molecular weight is 376 g/mol. The Hall–Kier alpha value is -1.92. The maximum atomic E-state index is 12.1. The molecule has 1 aliphatic rings. The second-order valence-electron chi connectivity index (χ2n) is 5.36. The predicted molar refractivity (Wildman–Crippen MR) is 93.7 cm³/mol.